The fourth-order valence-electron chi connectivity index (χ4n) is 2.62. The molecule has 1 N–H and O–H groups in total. The fraction of sp³-hybridized carbons (Fsp3) is 0.625. The number of para-hydroxylation sites is 1. The van der Waals surface area contributed by atoms with Crippen molar-refractivity contribution in [2.24, 2.45) is 5.41 Å². The zero-order chi connectivity index (χ0) is 13.9. The molecule has 1 heterocycles. The van der Waals surface area contributed by atoms with Crippen LogP contribution in [-0.4, -0.2) is 37.7 Å². The van der Waals surface area contributed by atoms with Gasteiger partial charge in [0, 0.05) is 31.2 Å². The predicted octanol–water partition coefficient (Wildman–Crippen LogP) is 2.52. The van der Waals surface area contributed by atoms with Gasteiger partial charge in [0.1, 0.15) is 12.4 Å². The molecule has 0 fully saturated rings. The SMILES string of the molecule is CNC(C)C(C)(C)CN1CCOc2ccccc2C1. The molecule has 1 aromatic rings. The zero-order valence-electron chi connectivity index (χ0n) is 12.6. The van der Waals surface area contributed by atoms with E-state index in [9.17, 15) is 0 Å². The summed E-state index contributed by atoms with van der Waals surface area (Å²) in [4.78, 5) is 2.50. The number of nitrogens with zero attached hydrogens (tertiary/aromatic N) is 1. The summed E-state index contributed by atoms with van der Waals surface area (Å²) in [6.07, 6.45) is 0. The molecule has 1 atom stereocenters. The second kappa shape index (κ2) is 5.93. The van der Waals surface area contributed by atoms with E-state index in [1.165, 1.54) is 5.56 Å². The van der Waals surface area contributed by atoms with Crippen molar-refractivity contribution in [3.8, 4) is 5.75 Å². The Morgan fingerprint density at radius 3 is 2.84 bits per heavy atom. The molecule has 3 nitrogen and oxygen atoms in total. The molecule has 1 aliphatic rings. The molecule has 0 saturated heterocycles. The van der Waals surface area contributed by atoms with Gasteiger partial charge in [0.15, 0.2) is 0 Å². The zero-order valence-corrected chi connectivity index (χ0v) is 12.6. The molecule has 0 aliphatic carbocycles. The first-order chi connectivity index (χ1) is 9.03. The highest BCUT2D eigenvalue weighted by molar-refractivity contribution is 5.33. The molecule has 0 spiro atoms. The van der Waals surface area contributed by atoms with Crippen LogP contribution < -0.4 is 10.1 Å². The Kier molecular flexibility index (Phi) is 4.48. The predicted molar refractivity (Wildman–Crippen MR) is 79.5 cm³/mol. The standard InChI is InChI=1S/C16H26N2O/c1-13(17-4)16(2,3)12-18-9-10-19-15-8-6-5-7-14(15)11-18/h5-8,13,17H,9-12H2,1-4H3. The van der Waals surface area contributed by atoms with Gasteiger partial charge >= 0.3 is 0 Å². The summed E-state index contributed by atoms with van der Waals surface area (Å²) in [7, 11) is 2.03. The third-order valence-corrected chi connectivity index (χ3v) is 4.27. The summed E-state index contributed by atoms with van der Waals surface area (Å²) in [5, 5.41) is 3.37. The van der Waals surface area contributed by atoms with E-state index in [-0.39, 0.29) is 5.41 Å². The van der Waals surface area contributed by atoms with Crippen LogP contribution in [0.25, 0.3) is 0 Å². The van der Waals surface area contributed by atoms with Crippen LogP contribution in [0.3, 0.4) is 0 Å². The lowest BCUT2D eigenvalue weighted by Crippen LogP contribution is -2.45. The first-order valence-electron chi connectivity index (χ1n) is 7.13. The van der Waals surface area contributed by atoms with Gasteiger partial charge in [-0.3, -0.25) is 4.90 Å². The third-order valence-electron chi connectivity index (χ3n) is 4.27. The van der Waals surface area contributed by atoms with Gasteiger partial charge < -0.3 is 10.1 Å². The first-order valence-corrected chi connectivity index (χ1v) is 7.13. The summed E-state index contributed by atoms with van der Waals surface area (Å²) < 4.78 is 5.82. The van der Waals surface area contributed by atoms with Crippen LogP contribution in [0.2, 0.25) is 0 Å². The molecule has 2 rings (SSSR count). The van der Waals surface area contributed by atoms with Crippen LogP contribution in [0, 0.1) is 5.41 Å². The Morgan fingerprint density at radius 1 is 1.37 bits per heavy atom. The van der Waals surface area contributed by atoms with Crippen molar-refractivity contribution in [1.29, 1.82) is 0 Å². The van der Waals surface area contributed by atoms with Crippen LogP contribution >= 0.6 is 0 Å². The maximum atomic E-state index is 5.82. The van der Waals surface area contributed by atoms with E-state index in [1.54, 1.807) is 0 Å². The van der Waals surface area contributed by atoms with Gasteiger partial charge in [0.25, 0.3) is 0 Å². The summed E-state index contributed by atoms with van der Waals surface area (Å²) in [5.41, 5.74) is 1.54. The number of ether oxygens (including phenoxy) is 1. The van der Waals surface area contributed by atoms with E-state index >= 15 is 0 Å². The highest BCUT2D eigenvalue weighted by Crippen LogP contribution is 2.27. The summed E-state index contributed by atoms with van der Waals surface area (Å²) in [6, 6.07) is 8.86. The summed E-state index contributed by atoms with van der Waals surface area (Å²) >= 11 is 0. The van der Waals surface area contributed by atoms with E-state index in [1.807, 2.05) is 13.1 Å². The summed E-state index contributed by atoms with van der Waals surface area (Å²) in [6.45, 7) is 10.7. The third kappa shape index (κ3) is 3.48. The topological polar surface area (TPSA) is 24.5 Å². The minimum Gasteiger partial charge on any atom is -0.492 e. The van der Waals surface area contributed by atoms with Gasteiger partial charge in [-0.1, -0.05) is 32.0 Å². The van der Waals surface area contributed by atoms with Crippen molar-refractivity contribution in [2.45, 2.75) is 33.4 Å². The molecular weight excluding hydrogens is 236 g/mol. The largest absolute Gasteiger partial charge is 0.492 e. The molecule has 0 amide bonds. The van der Waals surface area contributed by atoms with Gasteiger partial charge in [-0.25, -0.2) is 0 Å². The number of benzene rings is 1. The Bertz CT molecular complexity index is 417. The second-order valence-electron chi connectivity index (χ2n) is 6.17. The number of nitrogens with one attached hydrogen (secondary N) is 1. The van der Waals surface area contributed by atoms with E-state index in [0.29, 0.717) is 6.04 Å². The molecule has 106 valence electrons. The van der Waals surface area contributed by atoms with Crippen molar-refractivity contribution in [3.05, 3.63) is 29.8 Å². The lowest BCUT2D eigenvalue weighted by Gasteiger charge is -2.36. The quantitative estimate of drug-likeness (QED) is 0.902. The molecule has 1 unspecified atom stereocenters. The molecular formula is C16H26N2O. The average molecular weight is 262 g/mol. The van der Waals surface area contributed by atoms with Crippen LogP contribution in [0.5, 0.6) is 5.75 Å². The maximum absolute atomic E-state index is 5.82. The van der Waals surface area contributed by atoms with E-state index in [4.69, 9.17) is 4.74 Å². The molecule has 0 bridgehead atoms. The van der Waals surface area contributed by atoms with Gasteiger partial charge in [-0.15, -0.1) is 0 Å². The Balaban J connectivity index is 2.07. The highest BCUT2D eigenvalue weighted by Gasteiger charge is 2.28. The second-order valence-corrected chi connectivity index (χ2v) is 6.17. The first kappa shape index (κ1) is 14.4. The van der Waals surface area contributed by atoms with Gasteiger partial charge in [-0.05, 0) is 25.5 Å². The number of rotatable bonds is 4. The van der Waals surface area contributed by atoms with Crippen molar-refractivity contribution >= 4 is 0 Å². The smallest absolute Gasteiger partial charge is 0.123 e. The average Bonchev–Trinajstić information content (AvgIpc) is 2.58. The van der Waals surface area contributed by atoms with Crippen molar-refractivity contribution < 1.29 is 4.74 Å². The monoisotopic (exact) mass is 262 g/mol. The fourth-order valence-corrected chi connectivity index (χ4v) is 2.62. The number of hydrogen-bond donors (Lipinski definition) is 1. The van der Waals surface area contributed by atoms with Crippen molar-refractivity contribution in [2.75, 3.05) is 26.7 Å². The minimum absolute atomic E-state index is 0.244. The maximum Gasteiger partial charge on any atom is 0.123 e. The minimum atomic E-state index is 0.244. The number of hydrogen-bond acceptors (Lipinski definition) is 3. The van der Waals surface area contributed by atoms with E-state index < -0.39 is 0 Å². The van der Waals surface area contributed by atoms with Crippen molar-refractivity contribution in [1.82, 2.24) is 10.2 Å². The highest BCUT2D eigenvalue weighted by atomic mass is 16.5. The lowest BCUT2D eigenvalue weighted by molar-refractivity contribution is 0.132. The number of fused-ring (bicyclic) bond motifs is 1. The molecule has 0 saturated carbocycles. The Morgan fingerprint density at radius 2 is 2.11 bits per heavy atom. The summed E-state index contributed by atoms with van der Waals surface area (Å²) in [5.74, 6) is 1.05. The lowest BCUT2D eigenvalue weighted by atomic mass is 9.84. The normalized spacial score (nSPS) is 18.3. The van der Waals surface area contributed by atoms with Gasteiger partial charge in [0.05, 0.1) is 0 Å². The molecule has 0 aromatic heterocycles. The van der Waals surface area contributed by atoms with Crippen LogP contribution in [-0.2, 0) is 6.54 Å². The van der Waals surface area contributed by atoms with Gasteiger partial charge in [0.2, 0.25) is 0 Å². The Labute approximate surface area is 116 Å². The Hall–Kier alpha value is -1.06. The van der Waals surface area contributed by atoms with E-state index in [0.717, 1.165) is 32.0 Å². The van der Waals surface area contributed by atoms with Gasteiger partial charge in [-0.2, -0.15) is 0 Å². The molecule has 1 aromatic carbocycles. The van der Waals surface area contributed by atoms with Crippen molar-refractivity contribution in [3.63, 3.8) is 0 Å². The van der Waals surface area contributed by atoms with E-state index in [2.05, 4.69) is 49.2 Å². The molecule has 0 radical (unpaired) electrons. The van der Waals surface area contributed by atoms with Crippen LogP contribution in [0.4, 0.5) is 0 Å². The van der Waals surface area contributed by atoms with Crippen LogP contribution in [0.1, 0.15) is 26.3 Å². The van der Waals surface area contributed by atoms with Crippen LogP contribution in [0.15, 0.2) is 24.3 Å². The molecule has 19 heavy (non-hydrogen) atoms. The molecule has 3 heteroatoms. The molecule has 1 aliphatic heterocycles.